The van der Waals surface area contributed by atoms with Crippen LogP contribution in [0.15, 0.2) is 6.33 Å². The number of nitrogens with zero attached hydrogens (tertiary/aromatic N) is 1. The number of carboxylic acids is 1. The fourth-order valence-electron chi connectivity index (χ4n) is 3.39. The van der Waals surface area contributed by atoms with Crippen LogP contribution in [0.2, 0.25) is 0 Å². The molecule has 1 aromatic rings. The zero-order valence-corrected chi connectivity index (χ0v) is 11.8. The highest BCUT2D eigenvalue weighted by Gasteiger charge is 2.39. The van der Waals surface area contributed by atoms with E-state index in [1.165, 1.54) is 0 Å². The standard InChI is InChI=1S/C14H20N4O3/c19-12(20)6-14(3-1-2-4-14)18-13(21)10-5-9-11(7-15-10)17-8-16-9/h8,10,15H,1-7H2,(H,16,17)(H,18,21)(H,19,20). The number of aliphatic carboxylic acids is 1. The third kappa shape index (κ3) is 2.92. The zero-order chi connectivity index (χ0) is 14.9. The summed E-state index contributed by atoms with van der Waals surface area (Å²) in [5.41, 5.74) is 1.35. The highest BCUT2D eigenvalue weighted by atomic mass is 16.4. The van der Waals surface area contributed by atoms with Gasteiger partial charge in [0.05, 0.1) is 35.7 Å². The quantitative estimate of drug-likeness (QED) is 0.639. The number of carbonyl (C=O) groups is 2. The summed E-state index contributed by atoms with van der Waals surface area (Å²) in [4.78, 5) is 30.8. The van der Waals surface area contributed by atoms with Crippen LogP contribution in [0.1, 0.15) is 43.5 Å². The van der Waals surface area contributed by atoms with Crippen LogP contribution >= 0.6 is 0 Å². The molecule has 1 unspecified atom stereocenters. The van der Waals surface area contributed by atoms with Gasteiger partial charge in [0.15, 0.2) is 0 Å². The normalized spacial score (nSPS) is 23.5. The van der Waals surface area contributed by atoms with Crippen LogP contribution in [0.25, 0.3) is 0 Å². The van der Waals surface area contributed by atoms with E-state index in [0.717, 1.165) is 37.1 Å². The number of aromatic amines is 1. The maximum absolute atomic E-state index is 12.5. The van der Waals surface area contributed by atoms with Crippen molar-refractivity contribution in [3.63, 3.8) is 0 Å². The van der Waals surface area contributed by atoms with Gasteiger partial charge < -0.3 is 15.4 Å². The Morgan fingerprint density at radius 1 is 1.43 bits per heavy atom. The molecular weight excluding hydrogens is 272 g/mol. The number of fused-ring (bicyclic) bond motifs is 1. The number of hydrogen-bond donors (Lipinski definition) is 4. The van der Waals surface area contributed by atoms with Crippen LogP contribution in [0.4, 0.5) is 0 Å². The fourth-order valence-corrected chi connectivity index (χ4v) is 3.39. The van der Waals surface area contributed by atoms with E-state index >= 15 is 0 Å². The molecule has 1 atom stereocenters. The number of carbonyl (C=O) groups excluding carboxylic acids is 1. The lowest BCUT2D eigenvalue weighted by Crippen LogP contribution is -2.55. The van der Waals surface area contributed by atoms with Gasteiger partial charge >= 0.3 is 5.97 Å². The first kappa shape index (κ1) is 14.1. The summed E-state index contributed by atoms with van der Waals surface area (Å²) in [7, 11) is 0. The Bertz CT molecular complexity index is 548. The SMILES string of the molecule is O=C(O)CC1(NC(=O)C2Cc3nc[nH]c3CN2)CCCC1. The number of imidazole rings is 1. The minimum Gasteiger partial charge on any atom is -0.481 e. The van der Waals surface area contributed by atoms with Crippen LogP contribution in [0.5, 0.6) is 0 Å². The third-order valence-corrected chi connectivity index (χ3v) is 4.49. The molecule has 2 heterocycles. The van der Waals surface area contributed by atoms with Crippen molar-refractivity contribution in [2.24, 2.45) is 0 Å². The van der Waals surface area contributed by atoms with Gasteiger partial charge in [-0.1, -0.05) is 12.8 Å². The number of nitrogens with one attached hydrogen (secondary N) is 3. The van der Waals surface area contributed by atoms with E-state index in [-0.39, 0.29) is 18.4 Å². The van der Waals surface area contributed by atoms with Gasteiger partial charge in [-0.2, -0.15) is 0 Å². The van der Waals surface area contributed by atoms with Crippen LogP contribution in [0.3, 0.4) is 0 Å². The maximum Gasteiger partial charge on any atom is 0.305 e. The molecule has 4 N–H and O–H groups in total. The molecule has 1 fully saturated rings. The summed E-state index contributed by atoms with van der Waals surface area (Å²) in [6.45, 7) is 0.583. The van der Waals surface area contributed by atoms with Crippen LogP contribution in [-0.2, 0) is 22.6 Å². The van der Waals surface area contributed by atoms with E-state index in [1.807, 2.05) is 0 Å². The molecule has 2 aliphatic rings. The van der Waals surface area contributed by atoms with E-state index in [1.54, 1.807) is 6.33 Å². The maximum atomic E-state index is 12.5. The average molecular weight is 292 g/mol. The van der Waals surface area contributed by atoms with Gasteiger partial charge in [0.2, 0.25) is 5.91 Å². The summed E-state index contributed by atoms with van der Waals surface area (Å²) in [5.74, 6) is -0.977. The molecule has 114 valence electrons. The predicted octanol–water partition coefficient (Wildman–Crippen LogP) is 0.328. The topological polar surface area (TPSA) is 107 Å². The number of amides is 1. The first-order valence-electron chi connectivity index (χ1n) is 7.36. The molecule has 0 radical (unpaired) electrons. The van der Waals surface area contributed by atoms with E-state index in [4.69, 9.17) is 5.11 Å². The molecule has 21 heavy (non-hydrogen) atoms. The lowest BCUT2D eigenvalue weighted by molar-refractivity contribution is -0.139. The summed E-state index contributed by atoms with van der Waals surface area (Å²) in [6, 6.07) is -0.341. The van der Waals surface area contributed by atoms with E-state index in [0.29, 0.717) is 13.0 Å². The monoisotopic (exact) mass is 292 g/mol. The summed E-state index contributed by atoms with van der Waals surface area (Å²) < 4.78 is 0. The largest absolute Gasteiger partial charge is 0.481 e. The van der Waals surface area contributed by atoms with Gasteiger partial charge in [0.1, 0.15) is 0 Å². The zero-order valence-electron chi connectivity index (χ0n) is 11.8. The molecule has 1 aliphatic carbocycles. The molecule has 0 bridgehead atoms. The molecule has 3 rings (SSSR count). The Kier molecular flexibility index (Phi) is 3.67. The second kappa shape index (κ2) is 5.48. The summed E-state index contributed by atoms with van der Waals surface area (Å²) in [5, 5.41) is 15.3. The van der Waals surface area contributed by atoms with Gasteiger partial charge in [-0.25, -0.2) is 4.98 Å². The van der Waals surface area contributed by atoms with Gasteiger partial charge in [-0.15, -0.1) is 0 Å². The molecule has 0 aromatic carbocycles. The number of carboxylic acid groups (broad SMARTS) is 1. The molecule has 0 saturated heterocycles. The highest BCUT2D eigenvalue weighted by Crippen LogP contribution is 2.32. The number of H-pyrrole nitrogens is 1. The van der Waals surface area contributed by atoms with Crippen molar-refractivity contribution in [3.8, 4) is 0 Å². The lowest BCUT2D eigenvalue weighted by Gasteiger charge is -2.32. The highest BCUT2D eigenvalue weighted by molar-refractivity contribution is 5.84. The summed E-state index contributed by atoms with van der Waals surface area (Å²) in [6.07, 6.45) is 5.59. The Morgan fingerprint density at radius 3 is 2.90 bits per heavy atom. The Hall–Kier alpha value is -1.89. The van der Waals surface area contributed by atoms with Crippen LogP contribution in [-0.4, -0.2) is 38.5 Å². The van der Waals surface area contributed by atoms with Crippen molar-refractivity contribution < 1.29 is 14.7 Å². The van der Waals surface area contributed by atoms with E-state index < -0.39 is 11.5 Å². The van der Waals surface area contributed by atoms with Crippen molar-refractivity contribution in [2.45, 2.75) is 56.7 Å². The van der Waals surface area contributed by atoms with Crippen molar-refractivity contribution in [1.29, 1.82) is 0 Å². The third-order valence-electron chi connectivity index (χ3n) is 4.49. The van der Waals surface area contributed by atoms with Gasteiger partial charge in [0.25, 0.3) is 0 Å². The minimum absolute atomic E-state index is 0.000878. The van der Waals surface area contributed by atoms with Crippen molar-refractivity contribution in [2.75, 3.05) is 0 Å². The van der Waals surface area contributed by atoms with Gasteiger partial charge in [-0.3, -0.25) is 14.9 Å². The molecule has 1 saturated carbocycles. The average Bonchev–Trinajstić information content (AvgIpc) is 3.06. The molecule has 1 amide bonds. The van der Waals surface area contributed by atoms with Crippen LogP contribution in [0, 0.1) is 0 Å². The molecule has 1 aromatic heterocycles. The predicted molar refractivity (Wildman–Crippen MR) is 74.5 cm³/mol. The van der Waals surface area contributed by atoms with Crippen molar-refractivity contribution in [3.05, 3.63) is 17.7 Å². The molecular formula is C14H20N4O3. The van der Waals surface area contributed by atoms with Gasteiger partial charge in [0, 0.05) is 13.0 Å². The molecule has 1 aliphatic heterocycles. The number of hydrogen-bond acceptors (Lipinski definition) is 4. The van der Waals surface area contributed by atoms with E-state index in [9.17, 15) is 9.59 Å². The summed E-state index contributed by atoms with van der Waals surface area (Å²) >= 11 is 0. The van der Waals surface area contributed by atoms with Gasteiger partial charge in [-0.05, 0) is 12.8 Å². The Labute approximate surface area is 122 Å². The smallest absolute Gasteiger partial charge is 0.305 e. The van der Waals surface area contributed by atoms with E-state index in [2.05, 4.69) is 20.6 Å². The van der Waals surface area contributed by atoms with Crippen molar-refractivity contribution in [1.82, 2.24) is 20.6 Å². The molecule has 0 spiro atoms. The van der Waals surface area contributed by atoms with Crippen LogP contribution < -0.4 is 10.6 Å². The lowest BCUT2D eigenvalue weighted by atomic mass is 9.92. The second-order valence-corrected chi connectivity index (χ2v) is 6.01. The molecule has 7 heteroatoms. The first-order valence-corrected chi connectivity index (χ1v) is 7.36. The Morgan fingerprint density at radius 2 is 2.19 bits per heavy atom. The first-order chi connectivity index (χ1) is 10.1. The Balaban J connectivity index is 1.67. The number of aromatic nitrogens is 2. The minimum atomic E-state index is -0.858. The fraction of sp³-hybridized carbons (Fsp3) is 0.643. The molecule has 7 nitrogen and oxygen atoms in total. The van der Waals surface area contributed by atoms with Crippen molar-refractivity contribution >= 4 is 11.9 Å². The second-order valence-electron chi connectivity index (χ2n) is 6.01. The number of rotatable bonds is 4.